The smallest absolute Gasteiger partial charge is 0.258 e. The minimum absolute atomic E-state index is 0.134. The summed E-state index contributed by atoms with van der Waals surface area (Å²) in [5.74, 6) is -0.134. The Balaban J connectivity index is 1.98. The number of aromatic nitrogens is 2. The molecule has 0 fully saturated rings. The fraction of sp³-hybridized carbons (Fsp3) is 0. The molecule has 0 bridgehead atoms. The first kappa shape index (κ1) is 10.0. The van der Waals surface area contributed by atoms with Crippen LogP contribution in [0.25, 0.3) is 10.9 Å². The quantitative estimate of drug-likeness (QED) is 0.727. The van der Waals surface area contributed by atoms with Crippen molar-refractivity contribution in [2.24, 2.45) is 0 Å². The summed E-state index contributed by atoms with van der Waals surface area (Å²) in [5.41, 5.74) is 1.61. The van der Waals surface area contributed by atoms with Gasteiger partial charge in [-0.25, -0.2) is 4.98 Å². The molecule has 2 aromatic heterocycles. The molecule has 1 aromatic carbocycles. The predicted molar refractivity (Wildman–Crippen MR) is 68.4 cm³/mol. The summed E-state index contributed by atoms with van der Waals surface area (Å²) in [5, 5.41) is 6.13. The van der Waals surface area contributed by atoms with Crippen LogP contribution in [-0.2, 0) is 0 Å². The summed E-state index contributed by atoms with van der Waals surface area (Å²) in [6.45, 7) is 0. The standard InChI is InChI=1S/C12H9N3OS/c16-11(15-12-14-6-7-17-12)9-2-1-3-10-8(9)4-5-13-10/h1-7,13H,(H,14,15,16). The largest absolute Gasteiger partial charge is 0.361 e. The molecule has 17 heavy (non-hydrogen) atoms. The van der Waals surface area contributed by atoms with Gasteiger partial charge in [-0.2, -0.15) is 0 Å². The topological polar surface area (TPSA) is 57.8 Å². The van der Waals surface area contributed by atoms with E-state index < -0.39 is 0 Å². The maximum Gasteiger partial charge on any atom is 0.258 e. The molecule has 0 atom stereocenters. The van der Waals surface area contributed by atoms with Gasteiger partial charge in [-0.05, 0) is 18.2 Å². The molecule has 0 unspecified atom stereocenters. The highest BCUT2D eigenvalue weighted by atomic mass is 32.1. The lowest BCUT2D eigenvalue weighted by Gasteiger charge is -2.02. The molecule has 2 heterocycles. The van der Waals surface area contributed by atoms with Crippen molar-refractivity contribution in [2.75, 3.05) is 5.32 Å². The van der Waals surface area contributed by atoms with E-state index in [1.54, 1.807) is 12.3 Å². The molecule has 3 aromatic rings. The molecule has 3 rings (SSSR count). The second-order valence-corrected chi connectivity index (χ2v) is 4.43. The molecule has 0 aliphatic heterocycles. The minimum atomic E-state index is -0.134. The lowest BCUT2D eigenvalue weighted by Crippen LogP contribution is -2.11. The number of rotatable bonds is 2. The van der Waals surface area contributed by atoms with Gasteiger partial charge in [0.2, 0.25) is 0 Å². The molecule has 0 radical (unpaired) electrons. The third-order valence-corrected chi connectivity index (χ3v) is 3.18. The van der Waals surface area contributed by atoms with Crippen LogP contribution < -0.4 is 5.32 Å². The molecule has 0 aliphatic carbocycles. The highest BCUT2D eigenvalue weighted by molar-refractivity contribution is 7.13. The second kappa shape index (κ2) is 4.03. The molecule has 0 saturated carbocycles. The first-order valence-corrected chi connectivity index (χ1v) is 5.99. The molecule has 4 nitrogen and oxygen atoms in total. The summed E-state index contributed by atoms with van der Waals surface area (Å²) in [4.78, 5) is 19.2. The third-order valence-electron chi connectivity index (χ3n) is 2.49. The maximum atomic E-state index is 12.1. The lowest BCUT2D eigenvalue weighted by atomic mass is 10.1. The Labute approximate surface area is 101 Å². The van der Waals surface area contributed by atoms with Crippen molar-refractivity contribution in [3.05, 3.63) is 47.6 Å². The number of benzene rings is 1. The Morgan fingerprint density at radius 3 is 3.12 bits per heavy atom. The van der Waals surface area contributed by atoms with E-state index in [2.05, 4.69) is 15.3 Å². The zero-order valence-electron chi connectivity index (χ0n) is 8.81. The number of nitrogens with one attached hydrogen (secondary N) is 2. The van der Waals surface area contributed by atoms with Crippen molar-refractivity contribution in [2.45, 2.75) is 0 Å². The highest BCUT2D eigenvalue weighted by Crippen LogP contribution is 2.19. The van der Waals surface area contributed by atoms with E-state index in [1.807, 2.05) is 29.8 Å². The van der Waals surface area contributed by atoms with Gasteiger partial charge in [0.15, 0.2) is 5.13 Å². The van der Waals surface area contributed by atoms with E-state index >= 15 is 0 Å². The Kier molecular flexibility index (Phi) is 2.38. The summed E-state index contributed by atoms with van der Waals surface area (Å²) in [6, 6.07) is 7.50. The number of anilines is 1. The molecular formula is C12H9N3OS. The van der Waals surface area contributed by atoms with Crippen LogP contribution in [0.5, 0.6) is 0 Å². The molecule has 84 valence electrons. The van der Waals surface area contributed by atoms with Crippen molar-refractivity contribution in [1.29, 1.82) is 0 Å². The van der Waals surface area contributed by atoms with Gasteiger partial charge in [-0.15, -0.1) is 11.3 Å². The Bertz CT molecular complexity index is 657. The normalized spacial score (nSPS) is 10.6. The molecule has 5 heteroatoms. The molecule has 0 spiro atoms. The van der Waals surface area contributed by atoms with E-state index in [-0.39, 0.29) is 5.91 Å². The summed E-state index contributed by atoms with van der Waals surface area (Å²) < 4.78 is 0. The maximum absolute atomic E-state index is 12.1. The van der Waals surface area contributed by atoms with Gasteiger partial charge in [0.25, 0.3) is 5.91 Å². The van der Waals surface area contributed by atoms with Crippen LogP contribution >= 0.6 is 11.3 Å². The molecule has 0 aliphatic rings. The average molecular weight is 243 g/mol. The van der Waals surface area contributed by atoms with E-state index in [9.17, 15) is 4.79 Å². The van der Waals surface area contributed by atoms with Gasteiger partial charge >= 0.3 is 0 Å². The molecule has 2 N–H and O–H groups in total. The Hall–Kier alpha value is -2.14. The van der Waals surface area contributed by atoms with E-state index in [1.165, 1.54) is 11.3 Å². The highest BCUT2D eigenvalue weighted by Gasteiger charge is 2.11. The number of H-pyrrole nitrogens is 1. The number of thiazole rings is 1. The number of amides is 1. The molecule has 1 amide bonds. The van der Waals surface area contributed by atoms with Crippen LogP contribution in [-0.4, -0.2) is 15.9 Å². The van der Waals surface area contributed by atoms with Crippen molar-refractivity contribution in [3.8, 4) is 0 Å². The average Bonchev–Trinajstić information content (AvgIpc) is 2.97. The van der Waals surface area contributed by atoms with Crippen LogP contribution in [0, 0.1) is 0 Å². The number of carbonyl (C=O) groups is 1. The van der Waals surface area contributed by atoms with Crippen LogP contribution in [0.4, 0.5) is 5.13 Å². The number of hydrogen-bond acceptors (Lipinski definition) is 3. The van der Waals surface area contributed by atoms with Crippen LogP contribution in [0.2, 0.25) is 0 Å². The SMILES string of the molecule is O=C(Nc1nccs1)c1cccc2[nH]ccc12. The van der Waals surface area contributed by atoms with Gasteiger partial charge < -0.3 is 4.98 Å². The second-order valence-electron chi connectivity index (χ2n) is 3.54. The van der Waals surface area contributed by atoms with Gasteiger partial charge in [0.1, 0.15) is 0 Å². The van der Waals surface area contributed by atoms with Crippen molar-refractivity contribution in [1.82, 2.24) is 9.97 Å². The van der Waals surface area contributed by atoms with Gasteiger partial charge in [-0.1, -0.05) is 6.07 Å². The van der Waals surface area contributed by atoms with Crippen LogP contribution in [0.3, 0.4) is 0 Å². The van der Waals surface area contributed by atoms with E-state index in [0.29, 0.717) is 10.7 Å². The van der Waals surface area contributed by atoms with Gasteiger partial charge in [-0.3, -0.25) is 10.1 Å². The number of nitrogens with zero attached hydrogens (tertiary/aromatic N) is 1. The Morgan fingerprint density at radius 2 is 2.29 bits per heavy atom. The molecular weight excluding hydrogens is 234 g/mol. The number of aromatic amines is 1. The summed E-state index contributed by atoms with van der Waals surface area (Å²) in [6.07, 6.45) is 3.49. The zero-order chi connectivity index (χ0) is 11.7. The third kappa shape index (κ3) is 1.81. The van der Waals surface area contributed by atoms with E-state index in [4.69, 9.17) is 0 Å². The lowest BCUT2D eigenvalue weighted by molar-refractivity contribution is 0.102. The fourth-order valence-corrected chi connectivity index (χ4v) is 2.26. The summed E-state index contributed by atoms with van der Waals surface area (Å²) in [7, 11) is 0. The van der Waals surface area contributed by atoms with Crippen molar-refractivity contribution in [3.63, 3.8) is 0 Å². The van der Waals surface area contributed by atoms with Gasteiger partial charge in [0.05, 0.1) is 0 Å². The molecule has 0 saturated heterocycles. The van der Waals surface area contributed by atoms with Gasteiger partial charge in [0, 0.05) is 34.2 Å². The van der Waals surface area contributed by atoms with E-state index in [0.717, 1.165) is 10.9 Å². The summed E-state index contributed by atoms with van der Waals surface area (Å²) >= 11 is 1.40. The van der Waals surface area contributed by atoms with Crippen molar-refractivity contribution >= 4 is 33.3 Å². The van der Waals surface area contributed by atoms with Crippen LogP contribution in [0.15, 0.2) is 42.0 Å². The Morgan fingerprint density at radius 1 is 1.35 bits per heavy atom. The first-order chi connectivity index (χ1) is 8.34. The fourth-order valence-electron chi connectivity index (χ4n) is 1.73. The number of fused-ring (bicyclic) bond motifs is 1. The van der Waals surface area contributed by atoms with Crippen molar-refractivity contribution < 1.29 is 4.79 Å². The number of hydrogen-bond donors (Lipinski definition) is 2. The zero-order valence-corrected chi connectivity index (χ0v) is 9.62. The number of carbonyl (C=O) groups excluding carboxylic acids is 1. The monoisotopic (exact) mass is 243 g/mol. The van der Waals surface area contributed by atoms with Crippen LogP contribution in [0.1, 0.15) is 10.4 Å². The minimum Gasteiger partial charge on any atom is -0.361 e. The first-order valence-electron chi connectivity index (χ1n) is 5.11. The predicted octanol–water partition coefficient (Wildman–Crippen LogP) is 2.88.